The number of fused-ring (bicyclic) bond motifs is 3. The van der Waals surface area contributed by atoms with Crippen molar-refractivity contribution in [3.63, 3.8) is 0 Å². The summed E-state index contributed by atoms with van der Waals surface area (Å²) < 4.78 is 7.49. The Balaban J connectivity index is 1.51. The van der Waals surface area contributed by atoms with Crippen LogP contribution in [0.4, 0.5) is 0 Å². The second-order valence-corrected chi connectivity index (χ2v) is 7.64. The van der Waals surface area contributed by atoms with Crippen molar-refractivity contribution < 1.29 is 9.21 Å². The van der Waals surface area contributed by atoms with E-state index < -0.39 is 0 Å². The van der Waals surface area contributed by atoms with Crippen molar-refractivity contribution in [1.82, 2.24) is 19.7 Å². The highest BCUT2D eigenvalue weighted by Crippen LogP contribution is 2.27. The zero-order valence-electron chi connectivity index (χ0n) is 15.8. The van der Waals surface area contributed by atoms with Gasteiger partial charge in [-0.05, 0) is 24.6 Å². The lowest BCUT2D eigenvalue weighted by Crippen LogP contribution is -2.05. The van der Waals surface area contributed by atoms with Gasteiger partial charge in [0.1, 0.15) is 17.1 Å². The van der Waals surface area contributed by atoms with Gasteiger partial charge >= 0.3 is 0 Å². The molecule has 0 bridgehead atoms. The number of ketones is 1. The van der Waals surface area contributed by atoms with E-state index in [0.717, 1.165) is 47.2 Å². The van der Waals surface area contributed by atoms with Crippen molar-refractivity contribution >= 4 is 39.6 Å². The molecule has 0 saturated heterocycles. The number of furan rings is 1. The van der Waals surface area contributed by atoms with Crippen molar-refractivity contribution in [1.29, 1.82) is 0 Å². The smallest absolute Gasteiger partial charge is 0.211 e. The van der Waals surface area contributed by atoms with Crippen molar-refractivity contribution in [2.45, 2.75) is 44.3 Å². The van der Waals surface area contributed by atoms with E-state index in [1.165, 1.54) is 11.8 Å². The average molecular weight is 395 g/mol. The van der Waals surface area contributed by atoms with Crippen LogP contribution in [0.5, 0.6) is 0 Å². The van der Waals surface area contributed by atoms with Crippen LogP contribution in [0.3, 0.4) is 0 Å². The van der Waals surface area contributed by atoms with Crippen molar-refractivity contribution in [2.24, 2.45) is 0 Å². The molecule has 0 fully saturated rings. The zero-order chi connectivity index (χ0) is 19.3. The second-order valence-electron chi connectivity index (χ2n) is 6.70. The lowest BCUT2D eigenvalue weighted by Gasteiger charge is -2.05. The van der Waals surface area contributed by atoms with E-state index in [-0.39, 0.29) is 5.78 Å². The van der Waals surface area contributed by atoms with E-state index in [4.69, 9.17) is 9.40 Å². The number of hydrogen-bond acceptors (Lipinski definition) is 6. The molecule has 0 saturated carbocycles. The molecule has 144 valence electrons. The molecule has 0 atom stereocenters. The van der Waals surface area contributed by atoms with E-state index in [9.17, 15) is 4.79 Å². The number of aromatic nitrogens is 4. The van der Waals surface area contributed by atoms with Crippen LogP contribution in [0.25, 0.3) is 22.1 Å². The maximum Gasteiger partial charge on any atom is 0.211 e. The fourth-order valence-corrected chi connectivity index (χ4v) is 3.91. The normalized spacial score (nSPS) is 11.5. The first-order valence-corrected chi connectivity index (χ1v) is 10.5. The van der Waals surface area contributed by atoms with Crippen LogP contribution in [0.15, 0.2) is 52.2 Å². The van der Waals surface area contributed by atoms with Crippen LogP contribution in [-0.4, -0.2) is 31.3 Å². The molecule has 0 radical (unpaired) electrons. The number of rotatable bonds is 9. The van der Waals surface area contributed by atoms with E-state index in [1.807, 2.05) is 24.3 Å². The summed E-state index contributed by atoms with van der Waals surface area (Å²) in [5, 5.41) is 10.3. The molecule has 0 amide bonds. The van der Waals surface area contributed by atoms with Gasteiger partial charge < -0.3 is 8.98 Å². The molecule has 0 aliphatic heterocycles. The number of hydrogen-bond donors (Lipinski definition) is 0. The van der Waals surface area contributed by atoms with Crippen molar-refractivity contribution in [3.05, 3.63) is 48.4 Å². The molecule has 1 aromatic carbocycles. The summed E-state index contributed by atoms with van der Waals surface area (Å²) in [6.45, 7) is 3.07. The van der Waals surface area contributed by atoms with Crippen LogP contribution >= 0.6 is 11.8 Å². The van der Waals surface area contributed by atoms with Gasteiger partial charge in [0.05, 0.1) is 17.5 Å². The highest BCUT2D eigenvalue weighted by molar-refractivity contribution is 7.99. The third kappa shape index (κ3) is 3.94. The molecule has 0 N–H and O–H groups in total. The van der Waals surface area contributed by atoms with E-state index in [0.29, 0.717) is 23.8 Å². The predicted molar refractivity (Wildman–Crippen MR) is 110 cm³/mol. The molecule has 0 aliphatic carbocycles. The fraction of sp³-hybridized carbons (Fsp3) is 0.333. The number of para-hydroxylation sites is 1. The Kier molecular flexibility index (Phi) is 5.71. The number of unbranched alkanes of at least 4 members (excludes halogenated alkanes) is 1. The summed E-state index contributed by atoms with van der Waals surface area (Å²) in [7, 11) is 0. The minimum atomic E-state index is 0.150. The largest absolute Gasteiger partial charge is 0.469 e. The second kappa shape index (κ2) is 8.56. The van der Waals surface area contributed by atoms with Crippen LogP contribution < -0.4 is 0 Å². The van der Waals surface area contributed by atoms with E-state index >= 15 is 0 Å². The number of aryl methyl sites for hydroxylation is 2. The maximum atomic E-state index is 12.2. The van der Waals surface area contributed by atoms with Crippen LogP contribution in [0.1, 0.15) is 31.9 Å². The molecular formula is C21H22N4O2S. The van der Waals surface area contributed by atoms with Crippen LogP contribution in [0.2, 0.25) is 0 Å². The summed E-state index contributed by atoms with van der Waals surface area (Å²) in [4.78, 5) is 16.9. The Hall–Kier alpha value is -2.67. The lowest BCUT2D eigenvalue weighted by atomic mass is 10.2. The zero-order valence-corrected chi connectivity index (χ0v) is 16.6. The van der Waals surface area contributed by atoms with Crippen molar-refractivity contribution in [2.75, 3.05) is 5.75 Å². The number of Topliss-reactive ketones (excluding diaryl/α,β-unsaturated/α-hetero) is 1. The Labute approximate surface area is 167 Å². The van der Waals surface area contributed by atoms with Crippen LogP contribution in [0, 0.1) is 0 Å². The molecule has 4 aromatic rings. The molecule has 6 nitrogen and oxygen atoms in total. The monoisotopic (exact) mass is 394 g/mol. The Morgan fingerprint density at radius 3 is 2.89 bits per heavy atom. The highest BCUT2D eigenvalue weighted by Gasteiger charge is 2.15. The van der Waals surface area contributed by atoms with Gasteiger partial charge in [-0.3, -0.25) is 4.79 Å². The summed E-state index contributed by atoms with van der Waals surface area (Å²) in [6.07, 6.45) is 4.88. The minimum Gasteiger partial charge on any atom is -0.469 e. The van der Waals surface area contributed by atoms with Gasteiger partial charge in [0.15, 0.2) is 5.65 Å². The van der Waals surface area contributed by atoms with Gasteiger partial charge in [-0.15, -0.1) is 10.2 Å². The van der Waals surface area contributed by atoms with Gasteiger partial charge in [0, 0.05) is 24.8 Å². The number of nitrogens with zero attached hydrogens (tertiary/aromatic N) is 4. The Morgan fingerprint density at radius 1 is 1.18 bits per heavy atom. The molecule has 28 heavy (non-hydrogen) atoms. The topological polar surface area (TPSA) is 73.8 Å². The SMILES string of the molecule is CCCCn1c2ccccc2c2nnc(SCC(=O)CCc3ccco3)nc21. The summed E-state index contributed by atoms with van der Waals surface area (Å²) in [5.74, 6) is 1.32. The van der Waals surface area contributed by atoms with E-state index in [2.05, 4.69) is 33.8 Å². The number of thioether (sulfide) groups is 1. The highest BCUT2D eigenvalue weighted by atomic mass is 32.2. The standard InChI is InChI=1S/C21H22N4O2S/c1-2-3-12-25-18-9-5-4-8-17(18)19-20(25)22-21(24-23-19)28-14-15(26)10-11-16-7-6-13-27-16/h4-9,13H,2-3,10-12,14H2,1H3. The molecule has 0 spiro atoms. The quantitative estimate of drug-likeness (QED) is 0.384. The number of carbonyl (C=O) groups excluding carboxylic acids is 1. The average Bonchev–Trinajstić information content (AvgIpc) is 3.35. The van der Waals surface area contributed by atoms with Gasteiger partial charge in [-0.2, -0.15) is 0 Å². The summed E-state index contributed by atoms with van der Waals surface area (Å²) >= 11 is 1.34. The fourth-order valence-electron chi connectivity index (χ4n) is 3.23. The third-order valence-electron chi connectivity index (χ3n) is 4.68. The summed E-state index contributed by atoms with van der Waals surface area (Å²) in [5.41, 5.74) is 2.79. The van der Waals surface area contributed by atoms with Gasteiger partial charge in [-0.25, -0.2) is 4.98 Å². The molecule has 3 aromatic heterocycles. The first-order valence-electron chi connectivity index (χ1n) is 9.55. The predicted octanol–water partition coefficient (Wildman–Crippen LogP) is 4.67. The van der Waals surface area contributed by atoms with Gasteiger partial charge in [0.2, 0.25) is 5.16 Å². The van der Waals surface area contributed by atoms with Crippen molar-refractivity contribution in [3.8, 4) is 0 Å². The lowest BCUT2D eigenvalue weighted by molar-refractivity contribution is -0.116. The first-order chi connectivity index (χ1) is 13.8. The van der Waals surface area contributed by atoms with Gasteiger partial charge in [0.25, 0.3) is 0 Å². The van der Waals surface area contributed by atoms with E-state index in [1.54, 1.807) is 6.26 Å². The third-order valence-corrected chi connectivity index (χ3v) is 5.58. The molecule has 7 heteroatoms. The summed E-state index contributed by atoms with van der Waals surface area (Å²) in [6, 6.07) is 11.9. The molecule has 0 aliphatic rings. The number of carbonyl (C=O) groups is 1. The first kappa shape index (κ1) is 18.7. The molecule has 3 heterocycles. The molecular weight excluding hydrogens is 372 g/mol. The van der Waals surface area contributed by atoms with Gasteiger partial charge in [-0.1, -0.05) is 43.3 Å². The van der Waals surface area contributed by atoms with Crippen LogP contribution in [-0.2, 0) is 17.8 Å². The number of benzene rings is 1. The molecule has 4 rings (SSSR count). The molecule has 0 unspecified atom stereocenters. The maximum absolute atomic E-state index is 12.2. The Morgan fingerprint density at radius 2 is 2.07 bits per heavy atom. The Bertz CT molecular complexity index is 1090. The minimum absolute atomic E-state index is 0.150.